The Bertz CT molecular complexity index is 1440. The fourth-order valence-electron chi connectivity index (χ4n) is 6.66. The van der Waals surface area contributed by atoms with Gasteiger partial charge in [0.25, 0.3) is 5.91 Å². The lowest BCUT2D eigenvalue weighted by molar-refractivity contribution is -0.147. The lowest BCUT2D eigenvalue weighted by Gasteiger charge is -2.45. The number of hydrogen-bond acceptors (Lipinski definition) is 5. The number of anilines is 1. The number of esters is 1. The van der Waals surface area contributed by atoms with E-state index in [4.69, 9.17) is 16.3 Å². The first-order valence-electron chi connectivity index (χ1n) is 13.8. The highest BCUT2D eigenvalue weighted by atomic mass is 79.9. The van der Waals surface area contributed by atoms with E-state index in [9.17, 15) is 19.2 Å². The van der Waals surface area contributed by atoms with Gasteiger partial charge in [-0.1, -0.05) is 66.6 Å². The van der Waals surface area contributed by atoms with Crippen LogP contribution in [0.15, 0.2) is 71.2 Å². The lowest BCUT2D eigenvalue weighted by Crippen LogP contribution is -2.41. The third-order valence-corrected chi connectivity index (χ3v) is 9.60. The molecule has 1 heterocycles. The van der Waals surface area contributed by atoms with Crippen LogP contribution in [0, 0.1) is 11.8 Å². The maximum absolute atomic E-state index is 13.6. The Kier molecular flexibility index (Phi) is 7.70. The molecule has 0 unspecified atom stereocenters. The number of imide groups is 1. The Morgan fingerprint density at radius 3 is 1.93 bits per heavy atom. The van der Waals surface area contributed by atoms with Crippen LogP contribution in [0.2, 0.25) is 5.02 Å². The minimum atomic E-state index is -0.472. The van der Waals surface area contributed by atoms with Gasteiger partial charge in [0.1, 0.15) is 0 Å². The van der Waals surface area contributed by atoms with Crippen molar-refractivity contribution in [1.82, 2.24) is 4.90 Å². The molecule has 3 aromatic rings. The summed E-state index contributed by atoms with van der Waals surface area (Å²) < 4.78 is 5.80. The van der Waals surface area contributed by atoms with Gasteiger partial charge in [-0.05, 0) is 69.2 Å². The second-order valence-electron chi connectivity index (χ2n) is 10.7. The van der Waals surface area contributed by atoms with Gasteiger partial charge in [-0.3, -0.25) is 24.1 Å². The first-order valence-corrected chi connectivity index (χ1v) is 15.0. The topological polar surface area (TPSA) is 92.8 Å². The van der Waals surface area contributed by atoms with Gasteiger partial charge < -0.3 is 10.1 Å². The Labute approximate surface area is 251 Å². The van der Waals surface area contributed by atoms with Crippen LogP contribution in [0.5, 0.6) is 0 Å². The molecule has 1 N–H and O–H groups in total. The highest BCUT2D eigenvalue weighted by Crippen LogP contribution is 2.60. The molecule has 4 aliphatic rings. The predicted molar refractivity (Wildman–Crippen MR) is 157 cm³/mol. The Morgan fingerprint density at radius 1 is 0.829 bits per heavy atom. The van der Waals surface area contributed by atoms with E-state index < -0.39 is 11.9 Å². The number of unbranched alkanes of at least 4 members (excludes halogenated alkanes) is 2. The van der Waals surface area contributed by atoms with E-state index >= 15 is 0 Å². The zero-order chi connectivity index (χ0) is 28.7. The zero-order valence-electron chi connectivity index (χ0n) is 22.1. The summed E-state index contributed by atoms with van der Waals surface area (Å²) in [7, 11) is 0. The normalized spacial score (nSPS) is 21.8. The molecule has 7 nitrogen and oxygen atoms in total. The molecule has 0 aromatic heterocycles. The van der Waals surface area contributed by atoms with Gasteiger partial charge >= 0.3 is 5.97 Å². The van der Waals surface area contributed by atoms with Gasteiger partial charge in [0, 0.05) is 35.0 Å². The van der Waals surface area contributed by atoms with Crippen molar-refractivity contribution >= 4 is 56.9 Å². The number of nitrogens with zero attached hydrogens (tertiary/aromatic N) is 1. The van der Waals surface area contributed by atoms with E-state index in [0.29, 0.717) is 41.0 Å². The molecule has 9 heteroatoms. The Morgan fingerprint density at radius 2 is 1.39 bits per heavy atom. The molecule has 41 heavy (non-hydrogen) atoms. The van der Waals surface area contributed by atoms with Crippen molar-refractivity contribution in [3.63, 3.8) is 0 Å². The van der Waals surface area contributed by atoms with Crippen LogP contribution in [-0.4, -0.2) is 41.7 Å². The number of carbonyl (C=O) groups excluding carboxylic acids is 4. The number of ether oxygens (including phenoxy) is 1. The van der Waals surface area contributed by atoms with Gasteiger partial charge in [0.15, 0.2) is 6.61 Å². The monoisotopic (exact) mass is 634 g/mol. The van der Waals surface area contributed by atoms with Crippen LogP contribution in [0.1, 0.15) is 59.8 Å². The molecule has 2 bridgehead atoms. The smallest absolute Gasteiger partial charge is 0.306 e. The summed E-state index contributed by atoms with van der Waals surface area (Å²) in [6.07, 6.45) is 1.94. The summed E-state index contributed by atoms with van der Waals surface area (Å²) in [4.78, 5) is 52.9. The fraction of sp³-hybridized carbons (Fsp3) is 0.312. The molecule has 3 aromatic carbocycles. The number of hydrogen-bond donors (Lipinski definition) is 1. The highest BCUT2D eigenvalue weighted by Gasteiger charge is 2.61. The molecule has 3 amide bonds. The number of halogens is 2. The molecule has 7 rings (SSSR count). The van der Waals surface area contributed by atoms with Crippen molar-refractivity contribution in [2.75, 3.05) is 18.5 Å². The third-order valence-electron chi connectivity index (χ3n) is 8.37. The van der Waals surface area contributed by atoms with Gasteiger partial charge in [-0.25, -0.2) is 0 Å². The summed E-state index contributed by atoms with van der Waals surface area (Å²) in [5.74, 6) is -2.05. The van der Waals surface area contributed by atoms with E-state index in [0.717, 1.165) is 22.3 Å². The van der Waals surface area contributed by atoms with E-state index in [1.165, 1.54) is 4.90 Å². The third kappa shape index (κ3) is 5.08. The number of amides is 3. The van der Waals surface area contributed by atoms with Crippen molar-refractivity contribution in [2.45, 2.75) is 37.5 Å². The minimum absolute atomic E-state index is 0.0866. The SMILES string of the molecule is O=C(COC(=O)CCCCCN1C(=O)[C@@H]2C3c4ccccc4C(c4ccccc43)[C@@H]2C1=O)Nc1ccc(Br)c(Cl)c1. The molecule has 1 aliphatic heterocycles. The van der Waals surface area contributed by atoms with Crippen molar-refractivity contribution in [2.24, 2.45) is 11.8 Å². The van der Waals surface area contributed by atoms with E-state index in [1.54, 1.807) is 18.2 Å². The largest absolute Gasteiger partial charge is 0.456 e. The Balaban J connectivity index is 0.993. The predicted octanol–water partition coefficient (Wildman–Crippen LogP) is 6.04. The second kappa shape index (κ2) is 11.4. The zero-order valence-corrected chi connectivity index (χ0v) is 24.5. The fourth-order valence-corrected chi connectivity index (χ4v) is 7.09. The maximum atomic E-state index is 13.6. The summed E-state index contributed by atoms with van der Waals surface area (Å²) in [5, 5.41) is 3.09. The van der Waals surface area contributed by atoms with Crippen LogP contribution in [0.25, 0.3) is 0 Å². The average molecular weight is 636 g/mol. The summed E-state index contributed by atoms with van der Waals surface area (Å²) in [5.41, 5.74) is 5.15. The van der Waals surface area contributed by atoms with Crippen molar-refractivity contribution in [3.8, 4) is 0 Å². The minimum Gasteiger partial charge on any atom is -0.456 e. The number of nitrogens with one attached hydrogen (secondary N) is 1. The van der Waals surface area contributed by atoms with E-state index in [-0.39, 0.29) is 48.5 Å². The van der Waals surface area contributed by atoms with Crippen LogP contribution >= 0.6 is 27.5 Å². The molecule has 0 spiro atoms. The Hall–Kier alpha value is -3.49. The maximum Gasteiger partial charge on any atom is 0.306 e. The molecular weight excluding hydrogens is 608 g/mol. The van der Waals surface area contributed by atoms with Crippen molar-refractivity contribution in [1.29, 1.82) is 0 Å². The van der Waals surface area contributed by atoms with Crippen molar-refractivity contribution in [3.05, 3.63) is 98.5 Å². The number of likely N-dealkylation sites (tertiary alicyclic amines) is 1. The van der Waals surface area contributed by atoms with Gasteiger partial charge in [0.05, 0.1) is 16.9 Å². The summed E-state index contributed by atoms with van der Waals surface area (Å²) in [6, 6.07) is 21.4. The molecule has 0 radical (unpaired) electrons. The standard InChI is InChI=1S/C32H28BrClN2O5/c33-23-14-13-18(16-24(23)34)35-25(37)17-41-26(38)12-2-1-7-15-36-31(39)29-27-19-8-3-4-9-20(19)28(30(29)32(36)40)22-11-6-5-10-21(22)27/h3-6,8-11,13-14,16,27-30H,1-2,7,12,15,17H2,(H,35,37)/t27?,28?,29-,30+. The van der Waals surface area contributed by atoms with Crippen LogP contribution in [0.3, 0.4) is 0 Å². The lowest BCUT2D eigenvalue weighted by atomic mass is 9.55. The first-order chi connectivity index (χ1) is 19.8. The van der Waals surface area contributed by atoms with Gasteiger partial charge in [0.2, 0.25) is 11.8 Å². The van der Waals surface area contributed by atoms with Crippen LogP contribution in [-0.2, 0) is 23.9 Å². The molecule has 210 valence electrons. The quantitative estimate of drug-likeness (QED) is 0.176. The molecule has 0 saturated carbocycles. The molecular formula is C32H28BrClN2O5. The van der Waals surface area contributed by atoms with Crippen LogP contribution in [0.4, 0.5) is 5.69 Å². The molecule has 3 aliphatic carbocycles. The summed E-state index contributed by atoms with van der Waals surface area (Å²) in [6.45, 7) is -0.0524. The van der Waals surface area contributed by atoms with Gasteiger partial charge in [-0.2, -0.15) is 0 Å². The number of benzene rings is 3. The molecule has 2 atom stereocenters. The molecule has 1 fully saturated rings. The van der Waals surface area contributed by atoms with E-state index in [2.05, 4.69) is 45.5 Å². The van der Waals surface area contributed by atoms with E-state index in [1.807, 2.05) is 24.3 Å². The average Bonchev–Trinajstić information content (AvgIpc) is 3.23. The number of carbonyl (C=O) groups is 4. The molecule has 1 saturated heterocycles. The van der Waals surface area contributed by atoms with Crippen molar-refractivity contribution < 1.29 is 23.9 Å². The van der Waals surface area contributed by atoms with Gasteiger partial charge in [-0.15, -0.1) is 0 Å². The number of rotatable bonds is 9. The highest BCUT2D eigenvalue weighted by molar-refractivity contribution is 9.10. The summed E-state index contributed by atoms with van der Waals surface area (Å²) >= 11 is 9.32. The second-order valence-corrected chi connectivity index (χ2v) is 12.0. The van der Waals surface area contributed by atoms with Crippen LogP contribution < -0.4 is 5.32 Å². The first kappa shape index (κ1) is 27.7.